The Hall–Kier alpha value is -3.36. The molecule has 1 aromatic carbocycles. The number of benzene rings is 1. The summed E-state index contributed by atoms with van der Waals surface area (Å²) >= 11 is 0. The van der Waals surface area contributed by atoms with E-state index in [0.29, 0.717) is 19.3 Å². The molecule has 0 unspecified atom stereocenters. The number of fused-ring (bicyclic) bond motifs is 2. The van der Waals surface area contributed by atoms with Crippen molar-refractivity contribution in [2.45, 2.75) is 97.8 Å². The molecule has 5 atom stereocenters. The molecule has 9 nitrogen and oxygen atoms in total. The lowest BCUT2D eigenvalue weighted by Gasteiger charge is -2.30. The Morgan fingerprint density at radius 1 is 1.10 bits per heavy atom. The van der Waals surface area contributed by atoms with Crippen LogP contribution in [0, 0.1) is 17.3 Å². The molecule has 9 heteroatoms. The smallest absolute Gasteiger partial charge is 0.246 e. The molecule has 4 rings (SSSR count). The van der Waals surface area contributed by atoms with E-state index in [1.165, 1.54) is 0 Å². The Labute approximate surface area is 237 Å². The van der Waals surface area contributed by atoms with Crippen LogP contribution < -0.4 is 16.0 Å². The maximum Gasteiger partial charge on any atom is 0.246 e. The molecule has 0 bridgehead atoms. The summed E-state index contributed by atoms with van der Waals surface area (Å²) in [5, 5.41) is 10.3. The lowest BCUT2D eigenvalue weighted by Crippen LogP contribution is -2.55. The number of nitrogens with zero attached hydrogens (tertiary/aromatic N) is 1. The van der Waals surface area contributed by atoms with Crippen molar-refractivity contribution in [3.05, 3.63) is 36.0 Å². The Balaban J connectivity index is 1.67. The maximum atomic E-state index is 14.2. The van der Waals surface area contributed by atoms with Gasteiger partial charge in [0.25, 0.3) is 0 Å². The van der Waals surface area contributed by atoms with Crippen molar-refractivity contribution in [3.8, 4) is 0 Å². The zero-order chi connectivity index (χ0) is 29.2. The lowest BCUT2D eigenvalue weighted by atomic mass is 9.92. The minimum absolute atomic E-state index is 0.0686. The molecule has 0 spiro atoms. The number of carbonyl (C=O) groups is 4. The maximum absolute atomic E-state index is 14.2. The number of carbonyl (C=O) groups excluding carboxylic acids is 4. The molecule has 2 fully saturated rings. The average molecular weight is 552 g/mol. The molecule has 2 saturated heterocycles. The van der Waals surface area contributed by atoms with Crippen LogP contribution in [-0.4, -0.2) is 64.2 Å². The van der Waals surface area contributed by atoms with Crippen molar-refractivity contribution in [1.29, 1.82) is 0 Å². The highest BCUT2D eigenvalue weighted by Crippen LogP contribution is 2.26. The Bertz CT molecular complexity index is 1250. The van der Waals surface area contributed by atoms with Crippen LogP contribution in [0.25, 0.3) is 10.9 Å². The number of aromatic nitrogens is 1. The number of rotatable bonds is 4. The van der Waals surface area contributed by atoms with Gasteiger partial charge >= 0.3 is 0 Å². The zero-order valence-electron chi connectivity index (χ0n) is 24.7. The van der Waals surface area contributed by atoms with Crippen LogP contribution in [-0.2, 0) is 25.6 Å². The standard InChI is InChI=1S/C31H45N5O4/c1-18(2)23-12-11-19(3)13-27(37)34-25(14-20-16-32-24-10-8-7-9-22(20)24)29(39)36-17-21(15-26(36)28(38)35-23)33-30(40)31(4,5)6/h7-10,16,18-19,21,23,25-26,32H,11-15,17H2,1-6H3,(H,33,40)(H,34,37)(H,35,38)/t19-,21-,23+,25-,26+/m1/s1. The van der Waals surface area contributed by atoms with Gasteiger partial charge in [-0.05, 0) is 42.7 Å². The van der Waals surface area contributed by atoms with E-state index < -0.39 is 17.5 Å². The van der Waals surface area contributed by atoms with Crippen molar-refractivity contribution in [2.24, 2.45) is 17.3 Å². The van der Waals surface area contributed by atoms with Crippen molar-refractivity contribution in [2.75, 3.05) is 6.54 Å². The molecule has 218 valence electrons. The summed E-state index contributed by atoms with van der Waals surface area (Å²) in [6, 6.07) is 5.85. The van der Waals surface area contributed by atoms with Crippen LogP contribution in [0.3, 0.4) is 0 Å². The van der Waals surface area contributed by atoms with E-state index in [1.54, 1.807) is 4.90 Å². The molecule has 1 aromatic heterocycles. The third-order valence-corrected chi connectivity index (χ3v) is 8.27. The number of hydrogen-bond acceptors (Lipinski definition) is 4. The Morgan fingerprint density at radius 2 is 1.82 bits per heavy atom. The van der Waals surface area contributed by atoms with Gasteiger partial charge in [-0.25, -0.2) is 0 Å². The molecule has 2 aliphatic heterocycles. The van der Waals surface area contributed by atoms with Gasteiger partial charge in [-0.3, -0.25) is 19.2 Å². The summed E-state index contributed by atoms with van der Waals surface area (Å²) < 4.78 is 0. The van der Waals surface area contributed by atoms with Gasteiger partial charge in [0, 0.05) is 54.0 Å². The minimum atomic E-state index is -0.840. The van der Waals surface area contributed by atoms with Crippen LogP contribution >= 0.6 is 0 Å². The summed E-state index contributed by atoms with van der Waals surface area (Å²) in [6.07, 6.45) is 4.35. The molecule has 2 aromatic rings. The highest BCUT2D eigenvalue weighted by Gasteiger charge is 2.44. The van der Waals surface area contributed by atoms with Crippen molar-refractivity contribution >= 4 is 34.5 Å². The Kier molecular flexibility index (Phi) is 8.90. The van der Waals surface area contributed by atoms with E-state index in [9.17, 15) is 19.2 Å². The normalized spacial score (nSPS) is 26.9. The summed E-state index contributed by atoms with van der Waals surface area (Å²) in [5.41, 5.74) is 1.28. The van der Waals surface area contributed by atoms with E-state index in [1.807, 2.05) is 58.2 Å². The molecule has 40 heavy (non-hydrogen) atoms. The van der Waals surface area contributed by atoms with Crippen molar-refractivity contribution in [3.63, 3.8) is 0 Å². The summed E-state index contributed by atoms with van der Waals surface area (Å²) in [4.78, 5) is 58.8. The number of aromatic amines is 1. The second kappa shape index (κ2) is 12.0. The number of amides is 4. The molecule has 4 amide bonds. The highest BCUT2D eigenvalue weighted by molar-refractivity contribution is 5.94. The van der Waals surface area contributed by atoms with Gasteiger partial charge in [-0.2, -0.15) is 0 Å². The molecule has 0 radical (unpaired) electrons. The minimum Gasteiger partial charge on any atom is -0.361 e. The van der Waals surface area contributed by atoms with Gasteiger partial charge in [0.15, 0.2) is 0 Å². The number of hydrogen-bond donors (Lipinski definition) is 4. The van der Waals surface area contributed by atoms with Crippen LogP contribution in [0.15, 0.2) is 30.5 Å². The van der Waals surface area contributed by atoms with Gasteiger partial charge in [0.05, 0.1) is 0 Å². The summed E-state index contributed by atoms with van der Waals surface area (Å²) in [6.45, 7) is 11.9. The first-order valence-electron chi connectivity index (χ1n) is 14.6. The van der Waals surface area contributed by atoms with E-state index in [2.05, 4.69) is 34.8 Å². The largest absolute Gasteiger partial charge is 0.361 e. The molecule has 4 N–H and O–H groups in total. The van der Waals surface area contributed by atoms with Crippen LogP contribution in [0.1, 0.15) is 72.8 Å². The SMILES string of the molecule is CC(C)[C@@H]1CC[C@@H](C)CC(=O)N[C@H](Cc2c[nH]c3ccccc23)C(=O)N2C[C@H](NC(=O)C(C)(C)C)C[C@H]2C(=O)N1. The molecule has 0 aliphatic carbocycles. The first-order chi connectivity index (χ1) is 18.8. The van der Waals surface area contributed by atoms with Crippen molar-refractivity contribution < 1.29 is 19.2 Å². The third-order valence-electron chi connectivity index (χ3n) is 8.27. The highest BCUT2D eigenvalue weighted by atomic mass is 16.2. The third kappa shape index (κ3) is 6.85. The van der Waals surface area contributed by atoms with Gasteiger partial charge in [-0.15, -0.1) is 0 Å². The monoisotopic (exact) mass is 551 g/mol. The van der Waals surface area contributed by atoms with Crippen LogP contribution in [0.2, 0.25) is 0 Å². The number of para-hydroxylation sites is 1. The fourth-order valence-electron chi connectivity index (χ4n) is 5.74. The van der Waals surface area contributed by atoms with Crippen LogP contribution in [0.5, 0.6) is 0 Å². The zero-order valence-corrected chi connectivity index (χ0v) is 24.7. The van der Waals surface area contributed by atoms with Gasteiger partial charge in [-0.1, -0.05) is 59.7 Å². The fraction of sp³-hybridized carbons (Fsp3) is 0.613. The molecule has 3 heterocycles. The molecular weight excluding hydrogens is 506 g/mol. The predicted octanol–water partition coefficient (Wildman–Crippen LogP) is 3.29. The van der Waals surface area contributed by atoms with E-state index in [4.69, 9.17) is 0 Å². The van der Waals surface area contributed by atoms with Gasteiger partial charge in [0.2, 0.25) is 23.6 Å². The van der Waals surface area contributed by atoms with E-state index in [0.717, 1.165) is 29.3 Å². The molecular formula is C31H45N5O4. The summed E-state index contributed by atoms with van der Waals surface area (Å²) in [7, 11) is 0. The second-order valence-corrected chi connectivity index (χ2v) is 13.1. The fourth-order valence-corrected chi connectivity index (χ4v) is 5.74. The van der Waals surface area contributed by atoms with Gasteiger partial charge in [0.1, 0.15) is 12.1 Å². The number of nitrogens with one attached hydrogen (secondary N) is 4. The topological polar surface area (TPSA) is 123 Å². The summed E-state index contributed by atoms with van der Waals surface area (Å²) in [5.74, 6) is -0.495. The van der Waals surface area contributed by atoms with E-state index in [-0.39, 0.29) is 54.1 Å². The lowest BCUT2D eigenvalue weighted by molar-refractivity contribution is -0.141. The molecule has 0 saturated carbocycles. The Morgan fingerprint density at radius 3 is 2.52 bits per heavy atom. The van der Waals surface area contributed by atoms with Crippen molar-refractivity contribution in [1.82, 2.24) is 25.8 Å². The number of H-pyrrole nitrogens is 1. The molecule has 2 aliphatic rings. The van der Waals surface area contributed by atoms with E-state index >= 15 is 0 Å². The van der Waals surface area contributed by atoms with Gasteiger partial charge < -0.3 is 25.8 Å². The average Bonchev–Trinajstić information content (AvgIpc) is 3.49. The first kappa shape index (κ1) is 29.6. The first-order valence-corrected chi connectivity index (χ1v) is 14.6. The predicted molar refractivity (Wildman–Crippen MR) is 155 cm³/mol. The second-order valence-electron chi connectivity index (χ2n) is 13.1. The quantitative estimate of drug-likeness (QED) is 0.466. The van der Waals surface area contributed by atoms with Crippen LogP contribution in [0.4, 0.5) is 0 Å².